The van der Waals surface area contributed by atoms with Gasteiger partial charge >= 0.3 is 0 Å². The lowest BCUT2D eigenvalue weighted by atomic mass is 9.76. The number of rotatable bonds is 3. The number of carbonyl (C=O) groups is 1. The number of nitrogens with zero attached hydrogens (tertiary/aromatic N) is 1. The van der Waals surface area contributed by atoms with Crippen molar-refractivity contribution in [3.8, 4) is 0 Å². The average molecular weight is 254 g/mol. The molecule has 0 spiro atoms. The predicted molar refractivity (Wildman–Crippen MR) is 76.7 cm³/mol. The van der Waals surface area contributed by atoms with Crippen LogP contribution in [0.2, 0.25) is 0 Å². The van der Waals surface area contributed by atoms with Crippen molar-refractivity contribution >= 4 is 22.4 Å². The number of H-pyrrole nitrogens is 1. The second-order valence-electron chi connectivity index (χ2n) is 5.29. The standard InChI is InChI=1S/C16H18N2O/c1-3-16(4-2)10-11(19)9-12(16)15-17-13-7-5-6-8-14(13)18-15/h5-9H,3-4,10H2,1-2H3,(H,17,18). The summed E-state index contributed by atoms with van der Waals surface area (Å²) in [6, 6.07) is 7.98. The Morgan fingerprint density at radius 3 is 2.68 bits per heavy atom. The van der Waals surface area contributed by atoms with Crippen molar-refractivity contribution < 1.29 is 4.79 Å². The third-order valence-corrected chi connectivity index (χ3v) is 4.39. The van der Waals surface area contributed by atoms with Crippen LogP contribution in [0.4, 0.5) is 0 Å². The van der Waals surface area contributed by atoms with Gasteiger partial charge in [-0.2, -0.15) is 0 Å². The Morgan fingerprint density at radius 1 is 1.26 bits per heavy atom. The highest BCUT2D eigenvalue weighted by Crippen LogP contribution is 2.47. The van der Waals surface area contributed by atoms with Gasteiger partial charge in [0.2, 0.25) is 0 Å². The van der Waals surface area contributed by atoms with E-state index in [4.69, 9.17) is 0 Å². The highest BCUT2D eigenvalue weighted by Gasteiger charge is 2.39. The Bertz CT molecular complexity index is 629. The Kier molecular flexibility index (Phi) is 2.77. The van der Waals surface area contributed by atoms with Crippen molar-refractivity contribution in [3.05, 3.63) is 36.2 Å². The molecule has 1 heterocycles. The Hall–Kier alpha value is -1.90. The van der Waals surface area contributed by atoms with Crippen LogP contribution in [0, 0.1) is 5.41 Å². The molecule has 0 atom stereocenters. The molecule has 1 aliphatic carbocycles. The van der Waals surface area contributed by atoms with Gasteiger partial charge < -0.3 is 4.98 Å². The molecular weight excluding hydrogens is 236 g/mol. The van der Waals surface area contributed by atoms with E-state index in [0.717, 1.165) is 35.3 Å². The molecule has 1 aromatic heterocycles. The molecule has 2 aromatic rings. The largest absolute Gasteiger partial charge is 0.338 e. The maximum atomic E-state index is 11.9. The Labute approximate surface area is 112 Å². The van der Waals surface area contributed by atoms with Gasteiger partial charge in [0.15, 0.2) is 5.78 Å². The van der Waals surface area contributed by atoms with Crippen LogP contribution < -0.4 is 0 Å². The first-order chi connectivity index (χ1) is 9.18. The molecule has 0 radical (unpaired) electrons. The highest BCUT2D eigenvalue weighted by atomic mass is 16.1. The molecule has 19 heavy (non-hydrogen) atoms. The summed E-state index contributed by atoms with van der Waals surface area (Å²) >= 11 is 0. The van der Waals surface area contributed by atoms with Gasteiger partial charge in [-0.25, -0.2) is 4.98 Å². The van der Waals surface area contributed by atoms with E-state index in [2.05, 4.69) is 23.8 Å². The summed E-state index contributed by atoms with van der Waals surface area (Å²) in [6.45, 7) is 4.30. The summed E-state index contributed by atoms with van der Waals surface area (Å²) in [5.41, 5.74) is 3.03. The van der Waals surface area contributed by atoms with Crippen molar-refractivity contribution in [2.75, 3.05) is 0 Å². The SMILES string of the molecule is CCC1(CC)CC(=O)C=C1c1nc2ccccc2[nH]1. The molecule has 98 valence electrons. The fraction of sp³-hybridized carbons (Fsp3) is 0.375. The summed E-state index contributed by atoms with van der Waals surface area (Å²) in [5, 5.41) is 0. The van der Waals surface area contributed by atoms with Gasteiger partial charge in [-0.1, -0.05) is 26.0 Å². The normalized spacial score (nSPS) is 18.0. The van der Waals surface area contributed by atoms with Crippen molar-refractivity contribution in [1.82, 2.24) is 9.97 Å². The van der Waals surface area contributed by atoms with E-state index in [1.807, 2.05) is 24.3 Å². The van der Waals surface area contributed by atoms with Crippen LogP contribution >= 0.6 is 0 Å². The topological polar surface area (TPSA) is 45.8 Å². The van der Waals surface area contributed by atoms with Gasteiger partial charge in [-0.05, 0) is 31.1 Å². The number of hydrogen-bond acceptors (Lipinski definition) is 2. The van der Waals surface area contributed by atoms with E-state index >= 15 is 0 Å². The molecule has 1 aromatic carbocycles. The van der Waals surface area contributed by atoms with E-state index < -0.39 is 0 Å². The summed E-state index contributed by atoms with van der Waals surface area (Å²) in [4.78, 5) is 19.9. The number of aromatic amines is 1. The molecule has 0 bridgehead atoms. The fourth-order valence-electron chi connectivity index (χ4n) is 3.07. The molecule has 0 fully saturated rings. The van der Waals surface area contributed by atoms with Gasteiger partial charge in [-0.15, -0.1) is 0 Å². The average Bonchev–Trinajstić information content (AvgIpc) is 2.99. The molecule has 0 aliphatic heterocycles. The zero-order valence-corrected chi connectivity index (χ0v) is 11.4. The molecule has 0 saturated heterocycles. The van der Waals surface area contributed by atoms with Crippen LogP contribution in [-0.2, 0) is 4.79 Å². The molecule has 0 saturated carbocycles. The van der Waals surface area contributed by atoms with Crippen molar-refractivity contribution in [3.63, 3.8) is 0 Å². The molecule has 1 aliphatic rings. The van der Waals surface area contributed by atoms with Crippen LogP contribution in [-0.4, -0.2) is 15.8 Å². The molecule has 0 unspecified atom stereocenters. The third kappa shape index (κ3) is 1.81. The van der Waals surface area contributed by atoms with Crippen LogP contribution in [0.1, 0.15) is 38.9 Å². The zero-order valence-electron chi connectivity index (χ0n) is 11.4. The zero-order chi connectivity index (χ0) is 13.5. The number of nitrogens with one attached hydrogen (secondary N) is 1. The van der Waals surface area contributed by atoms with Crippen LogP contribution in [0.15, 0.2) is 30.3 Å². The van der Waals surface area contributed by atoms with E-state index in [1.165, 1.54) is 0 Å². The third-order valence-electron chi connectivity index (χ3n) is 4.39. The maximum Gasteiger partial charge on any atom is 0.157 e. The van der Waals surface area contributed by atoms with Gasteiger partial charge in [-0.3, -0.25) is 4.79 Å². The summed E-state index contributed by atoms with van der Waals surface area (Å²) in [5.74, 6) is 1.08. The molecule has 1 N–H and O–H groups in total. The van der Waals surface area contributed by atoms with E-state index in [1.54, 1.807) is 6.08 Å². The number of benzene rings is 1. The molecule has 3 heteroatoms. The fourth-order valence-corrected chi connectivity index (χ4v) is 3.07. The number of carbonyl (C=O) groups excluding carboxylic acids is 1. The lowest BCUT2D eigenvalue weighted by Gasteiger charge is -2.28. The molecular formula is C16H18N2O. The monoisotopic (exact) mass is 254 g/mol. The summed E-state index contributed by atoms with van der Waals surface area (Å²) < 4.78 is 0. The number of aromatic nitrogens is 2. The van der Waals surface area contributed by atoms with Crippen molar-refractivity contribution in [1.29, 1.82) is 0 Å². The minimum absolute atomic E-state index is 0.0367. The van der Waals surface area contributed by atoms with Crippen molar-refractivity contribution in [2.24, 2.45) is 5.41 Å². The second-order valence-corrected chi connectivity index (χ2v) is 5.29. The van der Waals surface area contributed by atoms with Crippen LogP contribution in [0.25, 0.3) is 16.6 Å². The van der Waals surface area contributed by atoms with Gasteiger partial charge in [0, 0.05) is 17.4 Å². The van der Waals surface area contributed by atoms with Crippen LogP contribution in [0.3, 0.4) is 0 Å². The lowest BCUT2D eigenvalue weighted by Crippen LogP contribution is -2.19. The van der Waals surface area contributed by atoms with Gasteiger partial charge in [0.25, 0.3) is 0 Å². The van der Waals surface area contributed by atoms with Crippen molar-refractivity contribution in [2.45, 2.75) is 33.1 Å². The predicted octanol–water partition coefficient (Wildman–Crippen LogP) is 3.73. The number of ketones is 1. The minimum atomic E-state index is -0.0367. The number of hydrogen-bond donors (Lipinski definition) is 1. The van der Waals surface area contributed by atoms with E-state index in [-0.39, 0.29) is 11.2 Å². The smallest absolute Gasteiger partial charge is 0.157 e. The number of allylic oxidation sites excluding steroid dienone is 2. The number of imidazole rings is 1. The van der Waals surface area contributed by atoms with E-state index in [0.29, 0.717) is 6.42 Å². The van der Waals surface area contributed by atoms with Gasteiger partial charge in [0.05, 0.1) is 11.0 Å². The summed E-state index contributed by atoms with van der Waals surface area (Å²) in [7, 11) is 0. The molecule has 3 rings (SSSR count). The molecule has 3 nitrogen and oxygen atoms in total. The lowest BCUT2D eigenvalue weighted by molar-refractivity contribution is -0.115. The summed E-state index contributed by atoms with van der Waals surface area (Å²) in [6.07, 6.45) is 4.34. The maximum absolute atomic E-state index is 11.9. The van der Waals surface area contributed by atoms with Crippen LogP contribution in [0.5, 0.6) is 0 Å². The minimum Gasteiger partial charge on any atom is -0.338 e. The quantitative estimate of drug-likeness (QED) is 0.907. The Morgan fingerprint density at radius 2 is 2.00 bits per heavy atom. The Balaban J connectivity index is 2.13. The number of fused-ring (bicyclic) bond motifs is 1. The molecule has 0 amide bonds. The first-order valence-electron chi connectivity index (χ1n) is 6.88. The first kappa shape index (κ1) is 12.2. The van der Waals surface area contributed by atoms with Gasteiger partial charge in [0.1, 0.15) is 5.82 Å². The van der Waals surface area contributed by atoms with E-state index in [9.17, 15) is 4.79 Å². The number of para-hydroxylation sites is 2. The highest BCUT2D eigenvalue weighted by molar-refractivity contribution is 6.03. The second kappa shape index (κ2) is 4.34. The first-order valence-corrected chi connectivity index (χ1v) is 6.88.